The normalized spacial score (nSPS) is 19.7. The van der Waals surface area contributed by atoms with E-state index in [4.69, 9.17) is 4.74 Å². The van der Waals surface area contributed by atoms with Crippen LogP contribution >= 0.6 is 12.4 Å². The second-order valence-electron chi connectivity index (χ2n) is 3.58. The molecule has 2 N–H and O–H groups in total. The predicted molar refractivity (Wildman–Crippen MR) is 61.9 cm³/mol. The van der Waals surface area contributed by atoms with Gasteiger partial charge in [-0.2, -0.15) is 0 Å². The first kappa shape index (κ1) is 12.1. The van der Waals surface area contributed by atoms with Gasteiger partial charge in [-0.15, -0.1) is 12.4 Å². The number of ether oxygens (including phenoxy) is 1. The fourth-order valence-corrected chi connectivity index (χ4v) is 1.88. The zero-order valence-electron chi connectivity index (χ0n) is 8.69. The van der Waals surface area contributed by atoms with E-state index in [2.05, 4.69) is 5.32 Å². The molecule has 1 fully saturated rings. The molecule has 1 saturated heterocycles. The Kier molecular flexibility index (Phi) is 4.24. The van der Waals surface area contributed by atoms with E-state index in [-0.39, 0.29) is 18.2 Å². The highest BCUT2D eigenvalue weighted by Crippen LogP contribution is 2.31. The van der Waals surface area contributed by atoms with Crippen molar-refractivity contribution in [1.29, 1.82) is 0 Å². The molecular formula is C11H16ClNO2. The van der Waals surface area contributed by atoms with Crippen LogP contribution in [0.5, 0.6) is 11.5 Å². The first-order valence-corrected chi connectivity index (χ1v) is 4.91. The Bertz CT molecular complexity index is 324. The first-order valence-electron chi connectivity index (χ1n) is 4.91. The van der Waals surface area contributed by atoms with E-state index in [0.717, 1.165) is 13.0 Å². The van der Waals surface area contributed by atoms with Gasteiger partial charge in [0, 0.05) is 6.04 Å². The van der Waals surface area contributed by atoms with Crippen LogP contribution in [0.2, 0.25) is 0 Å². The Morgan fingerprint density at radius 2 is 2.27 bits per heavy atom. The number of phenolic OH excluding ortho intramolecular Hbond substituents is 1. The van der Waals surface area contributed by atoms with Crippen LogP contribution in [0, 0.1) is 0 Å². The number of benzene rings is 1. The average molecular weight is 230 g/mol. The Balaban J connectivity index is 0.00000112. The summed E-state index contributed by atoms with van der Waals surface area (Å²) in [6.45, 7) is 1.08. The van der Waals surface area contributed by atoms with Gasteiger partial charge in [-0.25, -0.2) is 0 Å². The van der Waals surface area contributed by atoms with E-state index in [1.165, 1.54) is 12.0 Å². The Morgan fingerprint density at radius 1 is 1.47 bits per heavy atom. The number of hydrogen-bond acceptors (Lipinski definition) is 3. The van der Waals surface area contributed by atoms with Gasteiger partial charge in [-0.1, -0.05) is 6.07 Å². The third-order valence-electron chi connectivity index (χ3n) is 2.67. The molecule has 1 aliphatic heterocycles. The van der Waals surface area contributed by atoms with E-state index in [9.17, 15) is 5.11 Å². The molecule has 15 heavy (non-hydrogen) atoms. The smallest absolute Gasteiger partial charge is 0.160 e. The monoisotopic (exact) mass is 229 g/mol. The van der Waals surface area contributed by atoms with E-state index in [0.29, 0.717) is 11.8 Å². The van der Waals surface area contributed by atoms with Gasteiger partial charge in [0.2, 0.25) is 0 Å². The summed E-state index contributed by atoms with van der Waals surface area (Å²) in [5.74, 6) is 0.755. The quantitative estimate of drug-likeness (QED) is 0.818. The lowest BCUT2D eigenvalue weighted by molar-refractivity contribution is 0.372. The van der Waals surface area contributed by atoms with Crippen LogP contribution < -0.4 is 10.1 Å². The predicted octanol–water partition coefficient (Wildman–Crippen LogP) is 2.25. The highest BCUT2D eigenvalue weighted by Gasteiger charge is 2.17. The number of rotatable bonds is 2. The van der Waals surface area contributed by atoms with Crippen molar-refractivity contribution in [3.8, 4) is 11.5 Å². The summed E-state index contributed by atoms with van der Waals surface area (Å²) in [6.07, 6.45) is 2.38. The largest absolute Gasteiger partial charge is 0.504 e. The SMILES string of the molecule is COc1cc([C@@H]2CCCN2)ccc1O.Cl. The van der Waals surface area contributed by atoms with Crippen molar-refractivity contribution in [2.45, 2.75) is 18.9 Å². The number of nitrogens with one attached hydrogen (secondary N) is 1. The zero-order chi connectivity index (χ0) is 9.97. The molecule has 2 rings (SSSR count). The third-order valence-corrected chi connectivity index (χ3v) is 2.67. The molecule has 0 unspecified atom stereocenters. The van der Waals surface area contributed by atoms with Gasteiger partial charge in [0.15, 0.2) is 11.5 Å². The fraction of sp³-hybridized carbons (Fsp3) is 0.455. The summed E-state index contributed by atoms with van der Waals surface area (Å²) in [5.41, 5.74) is 1.19. The molecular weight excluding hydrogens is 214 g/mol. The summed E-state index contributed by atoms with van der Waals surface area (Å²) >= 11 is 0. The standard InChI is InChI=1S/C11H15NO2.ClH/c1-14-11-7-8(4-5-10(11)13)9-3-2-6-12-9;/h4-5,7,9,12-13H,2-3,6H2,1H3;1H/t9-;/m0./s1. The highest BCUT2D eigenvalue weighted by atomic mass is 35.5. The summed E-state index contributed by atoms with van der Waals surface area (Å²) in [6, 6.07) is 5.96. The summed E-state index contributed by atoms with van der Waals surface area (Å²) in [7, 11) is 1.57. The molecule has 1 aliphatic rings. The van der Waals surface area contributed by atoms with Crippen LogP contribution in [0.3, 0.4) is 0 Å². The molecule has 0 amide bonds. The molecule has 0 bridgehead atoms. The molecule has 3 nitrogen and oxygen atoms in total. The van der Waals surface area contributed by atoms with Crippen LogP contribution in [0.1, 0.15) is 24.4 Å². The van der Waals surface area contributed by atoms with Gasteiger partial charge in [0.1, 0.15) is 0 Å². The summed E-state index contributed by atoms with van der Waals surface area (Å²) in [4.78, 5) is 0. The van der Waals surface area contributed by atoms with Crippen molar-refractivity contribution in [3.05, 3.63) is 23.8 Å². The van der Waals surface area contributed by atoms with Crippen molar-refractivity contribution in [3.63, 3.8) is 0 Å². The van der Waals surface area contributed by atoms with Gasteiger partial charge in [-0.3, -0.25) is 0 Å². The third kappa shape index (κ3) is 2.55. The zero-order valence-corrected chi connectivity index (χ0v) is 9.51. The van der Waals surface area contributed by atoms with E-state index >= 15 is 0 Å². The molecule has 0 radical (unpaired) electrons. The average Bonchev–Trinajstić information content (AvgIpc) is 2.71. The van der Waals surface area contributed by atoms with Crippen molar-refractivity contribution < 1.29 is 9.84 Å². The lowest BCUT2D eigenvalue weighted by Crippen LogP contribution is -2.12. The van der Waals surface area contributed by atoms with Gasteiger partial charge >= 0.3 is 0 Å². The van der Waals surface area contributed by atoms with Crippen LogP contribution in [0.15, 0.2) is 18.2 Å². The Labute approximate surface area is 95.9 Å². The fourth-order valence-electron chi connectivity index (χ4n) is 1.88. The molecule has 1 atom stereocenters. The van der Waals surface area contributed by atoms with Crippen molar-refractivity contribution in [2.75, 3.05) is 13.7 Å². The van der Waals surface area contributed by atoms with E-state index in [1.807, 2.05) is 12.1 Å². The number of halogens is 1. The maximum Gasteiger partial charge on any atom is 0.160 e. The van der Waals surface area contributed by atoms with Crippen LogP contribution in [-0.2, 0) is 0 Å². The van der Waals surface area contributed by atoms with Crippen LogP contribution in [-0.4, -0.2) is 18.8 Å². The summed E-state index contributed by atoms with van der Waals surface area (Å²) < 4.78 is 5.07. The topological polar surface area (TPSA) is 41.5 Å². The Hall–Kier alpha value is -0.930. The summed E-state index contributed by atoms with van der Waals surface area (Å²) in [5, 5.41) is 12.8. The van der Waals surface area contributed by atoms with Crippen molar-refractivity contribution >= 4 is 12.4 Å². The molecule has 0 saturated carbocycles. The second-order valence-corrected chi connectivity index (χ2v) is 3.58. The van der Waals surface area contributed by atoms with E-state index < -0.39 is 0 Å². The molecule has 1 heterocycles. The minimum absolute atomic E-state index is 0. The second kappa shape index (κ2) is 5.24. The van der Waals surface area contributed by atoms with Gasteiger partial charge in [-0.05, 0) is 37.1 Å². The number of phenols is 1. The van der Waals surface area contributed by atoms with Crippen LogP contribution in [0.25, 0.3) is 0 Å². The van der Waals surface area contributed by atoms with Crippen LogP contribution in [0.4, 0.5) is 0 Å². The lowest BCUT2D eigenvalue weighted by Gasteiger charge is -2.12. The first-order chi connectivity index (χ1) is 6.81. The maximum atomic E-state index is 9.43. The molecule has 0 aliphatic carbocycles. The molecule has 4 heteroatoms. The molecule has 0 aromatic heterocycles. The minimum atomic E-state index is 0. The lowest BCUT2D eigenvalue weighted by atomic mass is 10.0. The molecule has 0 spiro atoms. The van der Waals surface area contributed by atoms with Gasteiger partial charge in [0.05, 0.1) is 7.11 Å². The Morgan fingerprint density at radius 3 is 2.87 bits per heavy atom. The molecule has 84 valence electrons. The molecule has 1 aromatic carbocycles. The highest BCUT2D eigenvalue weighted by molar-refractivity contribution is 5.85. The minimum Gasteiger partial charge on any atom is -0.504 e. The number of aromatic hydroxyl groups is 1. The van der Waals surface area contributed by atoms with Gasteiger partial charge in [0.25, 0.3) is 0 Å². The van der Waals surface area contributed by atoms with E-state index in [1.54, 1.807) is 13.2 Å². The maximum absolute atomic E-state index is 9.43. The van der Waals surface area contributed by atoms with Gasteiger partial charge < -0.3 is 15.2 Å². The number of hydrogen-bond donors (Lipinski definition) is 2. The van der Waals surface area contributed by atoms with Crippen molar-refractivity contribution in [1.82, 2.24) is 5.32 Å². The number of methoxy groups -OCH3 is 1. The van der Waals surface area contributed by atoms with Crippen molar-refractivity contribution in [2.24, 2.45) is 0 Å². The molecule has 1 aromatic rings.